The van der Waals surface area contributed by atoms with Crippen molar-refractivity contribution in [3.63, 3.8) is 0 Å². The number of sulfonamides is 1. The molecule has 32 heavy (non-hydrogen) atoms. The molecule has 0 radical (unpaired) electrons. The molecule has 1 saturated heterocycles. The van der Waals surface area contributed by atoms with Gasteiger partial charge in [0.15, 0.2) is 0 Å². The van der Waals surface area contributed by atoms with E-state index in [0.717, 1.165) is 24.3 Å². The Balaban J connectivity index is 1.70. The van der Waals surface area contributed by atoms with Crippen LogP contribution in [0, 0.1) is 0 Å². The van der Waals surface area contributed by atoms with Crippen molar-refractivity contribution in [1.29, 1.82) is 0 Å². The fraction of sp³-hybridized carbons (Fsp3) is 0.348. The van der Waals surface area contributed by atoms with E-state index in [1.807, 2.05) is 6.07 Å². The lowest BCUT2D eigenvalue weighted by atomic mass is 10.2. The number of nitrogens with zero attached hydrogens (tertiary/aromatic N) is 2. The predicted molar refractivity (Wildman–Crippen MR) is 129 cm³/mol. The average Bonchev–Trinajstić information content (AvgIpc) is 2.79. The largest absolute Gasteiger partial charge is 0.378 e. The standard InChI is InChI=1S/C23H28ClN3O4S/c1-3-27(4-2)32(29,30)20-9-5-18(6-10-20)7-12-23(28)25-21-17-19(24)8-11-22(21)26-13-15-31-16-14-26/h5-12,17H,3-4,13-16H2,1-2H3,(H,25,28)/b12-7+. The molecule has 172 valence electrons. The third-order valence-corrected chi connectivity index (χ3v) is 7.52. The minimum atomic E-state index is -3.51. The van der Waals surface area contributed by atoms with Crippen molar-refractivity contribution in [3.05, 3.63) is 59.1 Å². The van der Waals surface area contributed by atoms with Crippen molar-refractivity contribution in [2.75, 3.05) is 49.6 Å². The quantitative estimate of drug-likeness (QED) is 0.584. The molecule has 0 bridgehead atoms. The summed E-state index contributed by atoms with van der Waals surface area (Å²) in [5, 5.41) is 3.42. The summed E-state index contributed by atoms with van der Waals surface area (Å²) in [6.07, 6.45) is 3.06. The molecule has 0 unspecified atom stereocenters. The van der Waals surface area contributed by atoms with Crippen molar-refractivity contribution in [2.45, 2.75) is 18.7 Å². The number of morpholine rings is 1. The third-order valence-electron chi connectivity index (χ3n) is 5.22. The van der Waals surface area contributed by atoms with Crippen LogP contribution in [0.5, 0.6) is 0 Å². The fourth-order valence-corrected chi connectivity index (χ4v) is 5.13. The van der Waals surface area contributed by atoms with Gasteiger partial charge in [0, 0.05) is 37.3 Å². The van der Waals surface area contributed by atoms with Gasteiger partial charge in [0.25, 0.3) is 0 Å². The number of benzene rings is 2. The average molecular weight is 478 g/mol. The second kappa shape index (κ2) is 11.0. The van der Waals surface area contributed by atoms with Crippen LogP contribution in [-0.2, 0) is 19.6 Å². The molecule has 1 aliphatic rings. The molecule has 0 aromatic heterocycles. The Hall–Kier alpha value is -2.39. The molecule has 2 aromatic rings. The SMILES string of the molecule is CCN(CC)S(=O)(=O)c1ccc(/C=C/C(=O)Nc2cc(Cl)ccc2N2CCOCC2)cc1. The Morgan fingerprint density at radius 2 is 1.78 bits per heavy atom. The van der Waals surface area contributed by atoms with Crippen molar-refractivity contribution < 1.29 is 17.9 Å². The maximum atomic E-state index is 12.6. The predicted octanol–water partition coefficient (Wildman–Crippen LogP) is 3.86. The van der Waals surface area contributed by atoms with E-state index in [-0.39, 0.29) is 10.8 Å². The van der Waals surface area contributed by atoms with Crippen molar-refractivity contribution in [2.24, 2.45) is 0 Å². The zero-order chi connectivity index (χ0) is 23.1. The zero-order valence-electron chi connectivity index (χ0n) is 18.3. The van der Waals surface area contributed by atoms with Gasteiger partial charge in [0.1, 0.15) is 0 Å². The van der Waals surface area contributed by atoms with E-state index in [4.69, 9.17) is 16.3 Å². The van der Waals surface area contributed by atoms with E-state index in [0.29, 0.717) is 37.0 Å². The number of ether oxygens (including phenoxy) is 1. The molecule has 0 atom stereocenters. The van der Waals surface area contributed by atoms with E-state index in [1.165, 1.54) is 10.4 Å². The van der Waals surface area contributed by atoms with Gasteiger partial charge in [0.05, 0.1) is 29.5 Å². The summed E-state index contributed by atoms with van der Waals surface area (Å²) in [5.41, 5.74) is 2.25. The number of carbonyl (C=O) groups is 1. The first kappa shape index (κ1) is 24.3. The number of carbonyl (C=O) groups excluding carboxylic acids is 1. The molecule has 1 N–H and O–H groups in total. The van der Waals surface area contributed by atoms with Gasteiger partial charge in [-0.3, -0.25) is 4.79 Å². The molecule has 3 rings (SSSR count). The first-order valence-corrected chi connectivity index (χ1v) is 12.4. The minimum Gasteiger partial charge on any atom is -0.378 e. The Kier molecular flexibility index (Phi) is 8.31. The molecule has 1 aliphatic heterocycles. The lowest BCUT2D eigenvalue weighted by molar-refractivity contribution is -0.111. The lowest BCUT2D eigenvalue weighted by Crippen LogP contribution is -2.36. The summed E-state index contributed by atoms with van der Waals surface area (Å²) < 4.78 is 32.0. The van der Waals surface area contributed by atoms with Crippen molar-refractivity contribution in [3.8, 4) is 0 Å². The smallest absolute Gasteiger partial charge is 0.248 e. The highest BCUT2D eigenvalue weighted by Crippen LogP contribution is 2.30. The monoisotopic (exact) mass is 477 g/mol. The molecular formula is C23H28ClN3O4S. The molecule has 9 heteroatoms. The molecule has 0 spiro atoms. The number of halogens is 1. The third kappa shape index (κ3) is 5.89. The summed E-state index contributed by atoms with van der Waals surface area (Å²) in [6.45, 7) is 7.19. The van der Waals surface area contributed by atoms with Gasteiger partial charge in [0.2, 0.25) is 15.9 Å². The van der Waals surface area contributed by atoms with Crippen LogP contribution in [0.1, 0.15) is 19.4 Å². The number of hydrogen-bond acceptors (Lipinski definition) is 5. The van der Waals surface area contributed by atoms with Gasteiger partial charge < -0.3 is 15.0 Å². The summed E-state index contributed by atoms with van der Waals surface area (Å²) in [5.74, 6) is -0.304. The van der Waals surface area contributed by atoms with Crippen LogP contribution in [0.2, 0.25) is 5.02 Å². The second-order valence-corrected chi connectivity index (χ2v) is 9.62. The maximum Gasteiger partial charge on any atom is 0.248 e. The van der Waals surface area contributed by atoms with Gasteiger partial charge >= 0.3 is 0 Å². The van der Waals surface area contributed by atoms with Gasteiger partial charge in [-0.05, 0) is 42.0 Å². The molecular weight excluding hydrogens is 450 g/mol. The Morgan fingerprint density at radius 3 is 2.41 bits per heavy atom. The van der Waals surface area contributed by atoms with E-state index in [1.54, 1.807) is 56.3 Å². The fourth-order valence-electron chi connectivity index (χ4n) is 3.50. The Morgan fingerprint density at radius 1 is 1.12 bits per heavy atom. The Labute approximate surface area is 194 Å². The van der Waals surface area contributed by atoms with Crippen LogP contribution in [0.4, 0.5) is 11.4 Å². The van der Waals surface area contributed by atoms with Gasteiger partial charge in [-0.15, -0.1) is 0 Å². The number of hydrogen-bond donors (Lipinski definition) is 1. The van der Waals surface area contributed by atoms with Crippen LogP contribution in [0.15, 0.2) is 53.4 Å². The summed E-state index contributed by atoms with van der Waals surface area (Å²) >= 11 is 6.14. The molecule has 1 amide bonds. The summed E-state index contributed by atoms with van der Waals surface area (Å²) in [7, 11) is -3.51. The van der Waals surface area contributed by atoms with Gasteiger partial charge in [-0.1, -0.05) is 37.6 Å². The van der Waals surface area contributed by atoms with Gasteiger partial charge in [-0.25, -0.2) is 8.42 Å². The first-order valence-electron chi connectivity index (χ1n) is 10.6. The molecule has 0 saturated carbocycles. The van der Waals surface area contributed by atoms with Crippen LogP contribution in [-0.4, -0.2) is 58.0 Å². The number of nitrogens with one attached hydrogen (secondary N) is 1. The highest BCUT2D eigenvalue weighted by atomic mass is 35.5. The second-order valence-electron chi connectivity index (χ2n) is 7.24. The number of anilines is 2. The normalized spacial score (nSPS) is 14.8. The molecule has 1 heterocycles. The summed E-state index contributed by atoms with van der Waals surface area (Å²) in [6, 6.07) is 11.9. The summed E-state index contributed by atoms with van der Waals surface area (Å²) in [4.78, 5) is 14.9. The Bertz CT molecular complexity index is 1060. The van der Waals surface area contributed by atoms with Crippen molar-refractivity contribution >= 4 is 45.0 Å². The maximum absolute atomic E-state index is 12.6. The van der Waals surface area contributed by atoms with Crippen LogP contribution in [0.25, 0.3) is 6.08 Å². The van der Waals surface area contributed by atoms with Crippen LogP contribution < -0.4 is 10.2 Å². The molecule has 2 aromatic carbocycles. The number of amides is 1. The molecule has 0 aliphatic carbocycles. The van der Waals surface area contributed by atoms with Gasteiger partial charge in [-0.2, -0.15) is 4.31 Å². The first-order chi connectivity index (χ1) is 15.3. The van der Waals surface area contributed by atoms with Crippen LogP contribution in [0.3, 0.4) is 0 Å². The van der Waals surface area contributed by atoms with Crippen molar-refractivity contribution in [1.82, 2.24) is 4.31 Å². The molecule has 7 nitrogen and oxygen atoms in total. The van der Waals surface area contributed by atoms with E-state index in [9.17, 15) is 13.2 Å². The number of rotatable bonds is 8. The van der Waals surface area contributed by atoms with E-state index in [2.05, 4.69) is 10.2 Å². The van der Waals surface area contributed by atoms with E-state index < -0.39 is 10.0 Å². The molecule has 1 fully saturated rings. The topological polar surface area (TPSA) is 79.0 Å². The minimum absolute atomic E-state index is 0.233. The van der Waals surface area contributed by atoms with Crippen LogP contribution >= 0.6 is 11.6 Å². The van der Waals surface area contributed by atoms with E-state index >= 15 is 0 Å². The highest BCUT2D eigenvalue weighted by Gasteiger charge is 2.21. The zero-order valence-corrected chi connectivity index (χ0v) is 19.8. The highest BCUT2D eigenvalue weighted by molar-refractivity contribution is 7.89. The lowest BCUT2D eigenvalue weighted by Gasteiger charge is -2.30.